The van der Waals surface area contributed by atoms with Crippen LogP contribution in [-0.4, -0.2) is 5.11 Å². The molecule has 1 heteroatoms. The Bertz CT molecular complexity index is 535. The van der Waals surface area contributed by atoms with Crippen LogP contribution in [0.2, 0.25) is 0 Å². The van der Waals surface area contributed by atoms with Gasteiger partial charge in [0.2, 0.25) is 0 Å². The summed E-state index contributed by atoms with van der Waals surface area (Å²) >= 11 is 0. The second-order valence-corrected chi connectivity index (χ2v) is 4.52. The van der Waals surface area contributed by atoms with Gasteiger partial charge in [-0.05, 0) is 18.1 Å². The van der Waals surface area contributed by atoms with Gasteiger partial charge in [0.1, 0.15) is 5.60 Å². The molecule has 0 aliphatic rings. The van der Waals surface area contributed by atoms with Crippen LogP contribution in [-0.2, 0) is 5.60 Å². The Morgan fingerprint density at radius 1 is 1.00 bits per heavy atom. The highest BCUT2D eigenvalue weighted by Crippen LogP contribution is 2.35. The van der Waals surface area contributed by atoms with Gasteiger partial charge in [0.25, 0.3) is 0 Å². The van der Waals surface area contributed by atoms with E-state index in [1.807, 2.05) is 60.7 Å². The number of benzene rings is 2. The first-order valence-electron chi connectivity index (χ1n) is 5.95. The molecule has 0 spiro atoms. The molecule has 0 amide bonds. The second kappa shape index (κ2) is 5.08. The van der Waals surface area contributed by atoms with Gasteiger partial charge in [-0.15, -0.1) is 6.42 Å². The monoisotopic (exact) mass is 236 g/mol. The first-order chi connectivity index (χ1) is 8.66. The molecule has 0 aromatic heterocycles. The fourth-order valence-electron chi connectivity index (χ4n) is 2.17. The predicted molar refractivity (Wildman–Crippen MR) is 74.0 cm³/mol. The van der Waals surface area contributed by atoms with Gasteiger partial charge in [0.15, 0.2) is 0 Å². The lowest BCUT2D eigenvalue weighted by atomic mass is 9.79. The molecule has 1 nitrogen and oxygen atoms in total. The molecule has 0 saturated carbocycles. The van der Waals surface area contributed by atoms with Crippen LogP contribution in [0, 0.1) is 12.3 Å². The van der Waals surface area contributed by atoms with Gasteiger partial charge < -0.3 is 5.11 Å². The van der Waals surface area contributed by atoms with E-state index in [4.69, 9.17) is 6.42 Å². The van der Waals surface area contributed by atoms with E-state index in [-0.39, 0.29) is 5.92 Å². The zero-order valence-corrected chi connectivity index (χ0v) is 10.4. The van der Waals surface area contributed by atoms with E-state index in [0.29, 0.717) is 0 Å². The molecular formula is C17H16O. The highest BCUT2D eigenvalue weighted by atomic mass is 16.3. The largest absolute Gasteiger partial charge is 0.384 e. The van der Waals surface area contributed by atoms with Crippen LogP contribution < -0.4 is 0 Å². The van der Waals surface area contributed by atoms with Crippen molar-refractivity contribution < 1.29 is 5.11 Å². The second-order valence-electron chi connectivity index (χ2n) is 4.52. The molecule has 0 heterocycles. The van der Waals surface area contributed by atoms with Gasteiger partial charge in [-0.2, -0.15) is 0 Å². The van der Waals surface area contributed by atoms with Crippen molar-refractivity contribution in [3.05, 3.63) is 71.8 Å². The highest BCUT2D eigenvalue weighted by Gasteiger charge is 2.33. The van der Waals surface area contributed by atoms with Gasteiger partial charge in [0, 0.05) is 0 Å². The van der Waals surface area contributed by atoms with Gasteiger partial charge >= 0.3 is 0 Å². The first kappa shape index (κ1) is 12.4. The van der Waals surface area contributed by atoms with Crippen LogP contribution >= 0.6 is 0 Å². The molecule has 0 saturated heterocycles. The van der Waals surface area contributed by atoms with Crippen molar-refractivity contribution in [3.63, 3.8) is 0 Å². The molecule has 1 N–H and O–H groups in total. The summed E-state index contributed by atoms with van der Waals surface area (Å²) in [5.74, 6) is 2.35. The number of terminal acetylenes is 1. The van der Waals surface area contributed by atoms with Gasteiger partial charge in [-0.1, -0.05) is 66.6 Å². The molecule has 0 bridgehead atoms. The minimum Gasteiger partial charge on any atom is -0.384 e. The van der Waals surface area contributed by atoms with Crippen LogP contribution in [0.15, 0.2) is 60.7 Å². The number of rotatable bonds is 3. The minimum atomic E-state index is -1.07. The fraction of sp³-hybridized carbons (Fsp3) is 0.176. The lowest BCUT2D eigenvalue weighted by molar-refractivity contribution is 0.0446. The Morgan fingerprint density at radius 2 is 1.50 bits per heavy atom. The highest BCUT2D eigenvalue weighted by molar-refractivity contribution is 5.35. The fourth-order valence-corrected chi connectivity index (χ4v) is 2.17. The molecule has 0 radical (unpaired) electrons. The van der Waals surface area contributed by atoms with Crippen molar-refractivity contribution in [2.24, 2.45) is 0 Å². The maximum absolute atomic E-state index is 10.8. The zero-order valence-electron chi connectivity index (χ0n) is 10.4. The van der Waals surface area contributed by atoms with E-state index >= 15 is 0 Å². The lowest BCUT2D eigenvalue weighted by Crippen LogP contribution is -2.29. The number of aliphatic hydroxyl groups is 1. The van der Waals surface area contributed by atoms with E-state index in [2.05, 4.69) is 5.92 Å². The van der Waals surface area contributed by atoms with Gasteiger partial charge in [-0.3, -0.25) is 0 Å². The Morgan fingerprint density at radius 3 is 2.00 bits per heavy atom. The predicted octanol–water partition coefficient (Wildman–Crippen LogP) is 3.31. The third-order valence-electron chi connectivity index (χ3n) is 3.22. The topological polar surface area (TPSA) is 20.2 Å². The quantitative estimate of drug-likeness (QED) is 0.811. The average molecular weight is 236 g/mol. The first-order valence-corrected chi connectivity index (χ1v) is 5.95. The molecule has 18 heavy (non-hydrogen) atoms. The summed E-state index contributed by atoms with van der Waals surface area (Å²) in [5.41, 5.74) is 0.711. The van der Waals surface area contributed by atoms with E-state index in [1.54, 1.807) is 6.92 Å². The Balaban J connectivity index is 2.43. The molecule has 0 unspecified atom stereocenters. The van der Waals surface area contributed by atoms with Crippen molar-refractivity contribution in [3.8, 4) is 12.3 Å². The molecule has 2 atom stereocenters. The third-order valence-corrected chi connectivity index (χ3v) is 3.22. The molecule has 0 aliphatic carbocycles. The van der Waals surface area contributed by atoms with Crippen LogP contribution in [0.5, 0.6) is 0 Å². The maximum atomic E-state index is 10.8. The van der Waals surface area contributed by atoms with Crippen LogP contribution in [0.25, 0.3) is 0 Å². The van der Waals surface area contributed by atoms with E-state index in [0.717, 1.165) is 11.1 Å². The summed E-state index contributed by atoms with van der Waals surface area (Å²) in [6.07, 6.45) is 5.62. The summed E-state index contributed by atoms with van der Waals surface area (Å²) < 4.78 is 0. The van der Waals surface area contributed by atoms with E-state index < -0.39 is 5.60 Å². The Labute approximate surface area is 108 Å². The Hall–Kier alpha value is -2.04. The standard InChI is InChI=1S/C17H16O/c1-3-16(14-10-6-4-7-11-14)17(2,18)15-12-8-5-9-13-15/h1,4-13,16,18H,2H3/t16-,17+/m0/s1. The van der Waals surface area contributed by atoms with E-state index in [1.165, 1.54) is 0 Å². The summed E-state index contributed by atoms with van der Waals surface area (Å²) in [6.45, 7) is 1.76. The van der Waals surface area contributed by atoms with Crippen LogP contribution in [0.4, 0.5) is 0 Å². The molecule has 90 valence electrons. The SMILES string of the molecule is C#C[C@@H](c1ccccc1)[C@](C)(O)c1ccccc1. The van der Waals surface area contributed by atoms with Crippen LogP contribution in [0.1, 0.15) is 24.0 Å². The van der Waals surface area contributed by atoms with E-state index in [9.17, 15) is 5.11 Å². The minimum absolute atomic E-state index is 0.360. The Kier molecular flexibility index (Phi) is 3.50. The molecule has 0 fully saturated rings. The van der Waals surface area contributed by atoms with Gasteiger partial charge in [-0.25, -0.2) is 0 Å². The molecular weight excluding hydrogens is 220 g/mol. The average Bonchev–Trinajstić information content (AvgIpc) is 2.41. The molecule has 2 aromatic carbocycles. The molecule has 2 rings (SSSR count). The van der Waals surface area contributed by atoms with Gasteiger partial charge in [0.05, 0.1) is 5.92 Å². The van der Waals surface area contributed by atoms with Crippen LogP contribution in [0.3, 0.4) is 0 Å². The summed E-state index contributed by atoms with van der Waals surface area (Å²) in [6, 6.07) is 19.2. The van der Waals surface area contributed by atoms with Crippen molar-refractivity contribution in [1.82, 2.24) is 0 Å². The summed E-state index contributed by atoms with van der Waals surface area (Å²) in [7, 11) is 0. The third kappa shape index (κ3) is 2.30. The van der Waals surface area contributed by atoms with Crippen molar-refractivity contribution in [1.29, 1.82) is 0 Å². The number of hydrogen-bond acceptors (Lipinski definition) is 1. The van der Waals surface area contributed by atoms with Crippen molar-refractivity contribution in [2.45, 2.75) is 18.4 Å². The molecule has 2 aromatic rings. The summed E-state index contributed by atoms with van der Waals surface area (Å²) in [4.78, 5) is 0. The summed E-state index contributed by atoms with van der Waals surface area (Å²) in [5, 5.41) is 10.8. The smallest absolute Gasteiger partial charge is 0.105 e. The molecule has 0 aliphatic heterocycles. The maximum Gasteiger partial charge on any atom is 0.105 e. The zero-order chi connectivity index (χ0) is 13.0. The van der Waals surface area contributed by atoms with Crippen molar-refractivity contribution in [2.75, 3.05) is 0 Å². The lowest BCUT2D eigenvalue weighted by Gasteiger charge is -2.30. The number of hydrogen-bond donors (Lipinski definition) is 1. The van der Waals surface area contributed by atoms with Crippen molar-refractivity contribution >= 4 is 0 Å². The normalized spacial score (nSPS) is 15.4.